The van der Waals surface area contributed by atoms with Crippen LogP contribution in [0.3, 0.4) is 0 Å². The van der Waals surface area contributed by atoms with Gasteiger partial charge in [-0.25, -0.2) is 0 Å². The first kappa shape index (κ1) is 34.7. The molecule has 14 nitrogen and oxygen atoms in total. The summed E-state index contributed by atoms with van der Waals surface area (Å²) in [5, 5.41) is 0.628. The van der Waals surface area contributed by atoms with Crippen LogP contribution in [0, 0.1) is 0 Å². The van der Waals surface area contributed by atoms with Crippen molar-refractivity contribution in [2.75, 3.05) is 20.8 Å². The van der Waals surface area contributed by atoms with Crippen LogP contribution >= 0.6 is 0 Å². The third kappa shape index (κ3) is 7.75. The number of hydrogen-bond donors (Lipinski definition) is 0. The molecular formula is C35H34O14. The van der Waals surface area contributed by atoms with E-state index in [4.69, 9.17) is 42.3 Å². The molecule has 1 saturated heterocycles. The average molecular weight is 679 g/mol. The number of esters is 4. The van der Waals surface area contributed by atoms with Gasteiger partial charge in [-0.05, 0) is 36.4 Å². The van der Waals surface area contributed by atoms with E-state index in [0.29, 0.717) is 39.2 Å². The average Bonchev–Trinajstić information content (AvgIpc) is 3.04. The van der Waals surface area contributed by atoms with Crippen molar-refractivity contribution in [2.45, 2.75) is 58.4 Å². The fourth-order valence-corrected chi connectivity index (χ4v) is 5.64. The van der Waals surface area contributed by atoms with Crippen molar-refractivity contribution >= 4 is 34.8 Å². The number of methoxy groups -OCH3 is 2. The highest BCUT2D eigenvalue weighted by molar-refractivity contribution is 6.03. The Hall–Kier alpha value is -5.63. The Bertz CT molecular complexity index is 1910. The molecule has 3 aliphatic rings. The Morgan fingerprint density at radius 2 is 1.35 bits per heavy atom. The molecule has 0 amide bonds. The van der Waals surface area contributed by atoms with E-state index in [2.05, 4.69) is 0 Å². The van der Waals surface area contributed by atoms with E-state index in [1.807, 2.05) is 6.07 Å². The molecule has 0 N–H and O–H groups in total. The summed E-state index contributed by atoms with van der Waals surface area (Å²) < 4.78 is 51.1. The third-order valence-electron chi connectivity index (χ3n) is 7.54. The predicted molar refractivity (Wildman–Crippen MR) is 170 cm³/mol. The van der Waals surface area contributed by atoms with E-state index in [1.165, 1.54) is 26.2 Å². The second-order valence-electron chi connectivity index (χ2n) is 11.0. The summed E-state index contributed by atoms with van der Waals surface area (Å²) >= 11 is 0. The lowest BCUT2D eigenvalue weighted by Gasteiger charge is -2.43. The maximum Gasteiger partial charge on any atom is 0.303 e. The summed E-state index contributed by atoms with van der Waals surface area (Å²) in [5.41, 5.74) is 2.07. The van der Waals surface area contributed by atoms with Gasteiger partial charge in [0.1, 0.15) is 41.3 Å². The number of carbonyl (C=O) groups is 4. The Kier molecular flexibility index (Phi) is 10.4. The Labute approximate surface area is 280 Å². The third-order valence-corrected chi connectivity index (χ3v) is 7.54. The highest BCUT2D eigenvalue weighted by atomic mass is 16.7. The maximum absolute atomic E-state index is 12.4. The number of hydrogen-bond acceptors (Lipinski definition) is 14. The lowest BCUT2D eigenvalue weighted by Crippen LogP contribution is -2.63. The molecule has 49 heavy (non-hydrogen) atoms. The lowest BCUT2D eigenvalue weighted by atomic mass is 9.93. The van der Waals surface area contributed by atoms with Crippen LogP contribution in [-0.4, -0.2) is 75.4 Å². The van der Waals surface area contributed by atoms with Crippen LogP contribution in [-0.2, 0) is 42.9 Å². The first-order valence-corrected chi connectivity index (χ1v) is 15.1. The van der Waals surface area contributed by atoms with Crippen molar-refractivity contribution in [3.05, 3.63) is 64.8 Å². The molecule has 2 aromatic rings. The maximum atomic E-state index is 12.4. The summed E-state index contributed by atoms with van der Waals surface area (Å²) in [5.74, 6) is -1.42. The number of ether oxygens (including phenoxy) is 8. The fraction of sp³-hybridized carbons (Fsp3) is 0.343. The highest BCUT2D eigenvalue weighted by Gasteiger charge is 2.53. The minimum absolute atomic E-state index is 0.155. The molecule has 0 aromatic heterocycles. The summed E-state index contributed by atoms with van der Waals surface area (Å²) in [6.45, 7) is 4.15. The van der Waals surface area contributed by atoms with Crippen LogP contribution in [0.2, 0.25) is 0 Å². The Morgan fingerprint density at radius 3 is 2.00 bits per heavy atom. The van der Waals surface area contributed by atoms with E-state index in [9.17, 15) is 24.0 Å². The van der Waals surface area contributed by atoms with E-state index in [-0.39, 0.29) is 16.9 Å². The molecular weight excluding hydrogens is 644 g/mol. The van der Waals surface area contributed by atoms with E-state index in [1.54, 1.807) is 43.5 Å². The van der Waals surface area contributed by atoms with Gasteiger partial charge in [-0.2, -0.15) is 0 Å². The summed E-state index contributed by atoms with van der Waals surface area (Å²) in [7, 11) is 3.08. The second kappa shape index (κ2) is 14.6. The quantitative estimate of drug-likeness (QED) is 0.134. The minimum Gasteiger partial charge on any atom is -0.497 e. The lowest BCUT2D eigenvalue weighted by molar-refractivity contribution is -0.288. The monoisotopic (exact) mass is 678 g/mol. The molecule has 0 saturated carbocycles. The minimum atomic E-state index is -1.46. The van der Waals surface area contributed by atoms with E-state index < -0.39 is 61.2 Å². The summed E-state index contributed by atoms with van der Waals surface area (Å²) in [6, 6.07) is 14.7. The molecule has 0 spiro atoms. The van der Waals surface area contributed by atoms with Gasteiger partial charge in [-0.15, -0.1) is 0 Å². The summed E-state index contributed by atoms with van der Waals surface area (Å²) in [6.07, 6.45) is -6.86. The van der Waals surface area contributed by atoms with Crippen molar-refractivity contribution in [2.24, 2.45) is 0 Å². The molecule has 0 radical (unpaired) electrons. The topological polar surface area (TPSA) is 172 Å². The van der Waals surface area contributed by atoms with Crippen molar-refractivity contribution in [1.29, 1.82) is 0 Å². The molecule has 5 rings (SSSR count). The van der Waals surface area contributed by atoms with Crippen LogP contribution in [0.1, 0.15) is 27.7 Å². The van der Waals surface area contributed by atoms with Gasteiger partial charge in [-0.1, -0.05) is 0 Å². The van der Waals surface area contributed by atoms with Crippen LogP contribution in [0.5, 0.6) is 17.2 Å². The van der Waals surface area contributed by atoms with E-state index in [0.717, 1.165) is 20.8 Å². The van der Waals surface area contributed by atoms with Gasteiger partial charge in [0.05, 0.1) is 14.2 Å². The number of rotatable bonds is 10. The molecule has 258 valence electrons. The first-order valence-electron chi connectivity index (χ1n) is 15.1. The zero-order chi connectivity index (χ0) is 35.4. The molecule has 2 aromatic carbocycles. The molecule has 2 heterocycles. The van der Waals surface area contributed by atoms with E-state index >= 15 is 0 Å². The molecule has 1 fully saturated rings. The summed E-state index contributed by atoms with van der Waals surface area (Å²) in [4.78, 5) is 60.6. The Morgan fingerprint density at radius 1 is 0.694 bits per heavy atom. The van der Waals surface area contributed by atoms with Gasteiger partial charge in [-0.3, -0.25) is 24.0 Å². The van der Waals surface area contributed by atoms with Crippen molar-refractivity contribution in [3.8, 4) is 39.7 Å². The molecule has 5 atom stereocenters. The Balaban J connectivity index is 1.62. The van der Waals surface area contributed by atoms with Crippen LogP contribution in [0.15, 0.2) is 63.8 Å². The number of benzene rings is 3. The van der Waals surface area contributed by atoms with Gasteiger partial charge in [0.2, 0.25) is 12.4 Å². The first-order chi connectivity index (χ1) is 23.4. The normalized spacial score (nSPS) is 20.2. The molecule has 2 aliphatic heterocycles. The number of fused-ring (bicyclic) bond motifs is 2. The van der Waals surface area contributed by atoms with Gasteiger partial charge in [0.15, 0.2) is 17.6 Å². The number of carbonyl (C=O) groups excluding carboxylic acids is 4. The zero-order valence-corrected chi connectivity index (χ0v) is 27.5. The second-order valence-corrected chi connectivity index (χ2v) is 11.0. The van der Waals surface area contributed by atoms with Crippen molar-refractivity contribution in [3.63, 3.8) is 0 Å². The van der Waals surface area contributed by atoms with Crippen LogP contribution in [0.4, 0.5) is 0 Å². The largest absolute Gasteiger partial charge is 0.497 e. The predicted octanol–water partition coefficient (Wildman–Crippen LogP) is 4.04. The molecule has 14 heteroatoms. The zero-order valence-electron chi connectivity index (χ0n) is 27.5. The highest BCUT2D eigenvalue weighted by Crippen LogP contribution is 2.45. The SMILES string of the molecule is COc1ccc(-c2c3ccc(=O)cc-3oc3cc(O[C@@H]4O[C@H](COC(C)=O)[C@H](OC(C)=O)[C@H](OC(C)=O)[C@H]4OC(C)=O)ccc23)c(OC)c1. The van der Waals surface area contributed by atoms with Crippen LogP contribution < -0.4 is 19.6 Å². The van der Waals surface area contributed by atoms with Gasteiger partial charge in [0, 0.05) is 68.0 Å². The smallest absolute Gasteiger partial charge is 0.303 e. The van der Waals surface area contributed by atoms with Gasteiger partial charge in [0.25, 0.3) is 0 Å². The molecule has 0 bridgehead atoms. The molecule has 0 unspecified atom stereocenters. The van der Waals surface area contributed by atoms with Gasteiger partial charge < -0.3 is 42.3 Å². The van der Waals surface area contributed by atoms with Gasteiger partial charge >= 0.3 is 23.9 Å². The van der Waals surface area contributed by atoms with Crippen molar-refractivity contribution in [1.82, 2.24) is 0 Å². The van der Waals surface area contributed by atoms with Crippen molar-refractivity contribution < 1.29 is 61.5 Å². The fourth-order valence-electron chi connectivity index (χ4n) is 5.64. The molecule has 1 aliphatic carbocycles. The van der Waals surface area contributed by atoms with Crippen LogP contribution in [0.25, 0.3) is 33.4 Å². The standard InChI is InChI=1S/C35H34O14/c1-17(36)43-16-30-32(44-18(2)37)33(45-19(3)38)34(46-20(4)39)35(49-30)47-23-9-12-26-29(15-23)48-28-13-21(40)7-10-25(28)31(26)24-11-8-22(41-5)14-27(24)42-6/h7-15,30,32-35H,16H2,1-6H3/t30-,32+,33+,34-,35-/m1/s1.